The number of hydrogen-bond acceptors (Lipinski definition) is 7. The monoisotopic (exact) mass is 493 g/mol. The quantitative estimate of drug-likeness (QED) is 0.325. The van der Waals surface area contributed by atoms with Crippen LogP contribution in [0, 0.1) is 5.92 Å². The summed E-state index contributed by atoms with van der Waals surface area (Å²) in [5.41, 5.74) is 1.86. The lowest BCUT2D eigenvalue weighted by Gasteiger charge is -2.18. The smallest absolute Gasteiger partial charge is 0.341 e. The Morgan fingerprint density at radius 1 is 1.20 bits per heavy atom. The van der Waals surface area contributed by atoms with Crippen LogP contribution >= 0.6 is 11.3 Å². The molecule has 3 aromatic rings. The highest BCUT2D eigenvalue weighted by Crippen LogP contribution is 2.40. The van der Waals surface area contributed by atoms with E-state index in [1.54, 1.807) is 43.3 Å². The van der Waals surface area contributed by atoms with Gasteiger partial charge in [-0.3, -0.25) is 4.79 Å². The van der Waals surface area contributed by atoms with Gasteiger partial charge in [0, 0.05) is 16.5 Å². The maximum Gasteiger partial charge on any atom is 0.341 e. The van der Waals surface area contributed by atoms with Gasteiger partial charge in [-0.2, -0.15) is 0 Å². The molecule has 1 aliphatic rings. The molecule has 0 radical (unpaired) electrons. The molecule has 35 heavy (non-hydrogen) atoms. The molecule has 8 heteroatoms. The number of furan rings is 1. The number of amides is 1. The number of thiophene rings is 1. The Balaban J connectivity index is 1.60. The predicted molar refractivity (Wildman–Crippen MR) is 133 cm³/mol. The van der Waals surface area contributed by atoms with Gasteiger partial charge in [0.1, 0.15) is 10.8 Å². The second-order valence-corrected chi connectivity index (χ2v) is 9.45. The van der Waals surface area contributed by atoms with Gasteiger partial charge in [0.15, 0.2) is 0 Å². The van der Waals surface area contributed by atoms with Gasteiger partial charge in [-0.15, -0.1) is 11.3 Å². The second-order valence-electron chi connectivity index (χ2n) is 8.34. The number of anilines is 1. The van der Waals surface area contributed by atoms with Crippen molar-refractivity contribution in [3.63, 3.8) is 0 Å². The number of hydrogen-bond donors (Lipinski definition) is 1. The molecule has 0 fully saturated rings. The molecule has 0 saturated heterocycles. The van der Waals surface area contributed by atoms with Crippen molar-refractivity contribution in [3.8, 4) is 0 Å². The third-order valence-electron chi connectivity index (χ3n) is 5.73. The highest BCUT2D eigenvalue weighted by Gasteiger charge is 2.31. The molecule has 2 atom stereocenters. The second kappa shape index (κ2) is 11.2. The van der Waals surface area contributed by atoms with Crippen molar-refractivity contribution in [2.75, 3.05) is 11.9 Å². The zero-order chi connectivity index (χ0) is 24.8. The van der Waals surface area contributed by atoms with Crippen LogP contribution in [-0.4, -0.2) is 24.5 Å². The summed E-state index contributed by atoms with van der Waals surface area (Å²) in [5.74, 6) is -0.716. The number of esters is 2. The molecule has 2 heterocycles. The first-order valence-electron chi connectivity index (χ1n) is 11.6. The molecule has 182 valence electrons. The maximum absolute atomic E-state index is 13.4. The minimum Gasteiger partial charge on any atom is -0.465 e. The molecule has 1 amide bonds. The normalized spacial score (nSPS) is 15.9. The van der Waals surface area contributed by atoms with E-state index in [1.807, 2.05) is 6.07 Å². The third-order valence-corrected chi connectivity index (χ3v) is 6.90. The average molecular weight is 494 g/mol. The Bertz CT molecular complexity index is 1210. The molecule has 0 aliphatic heterocycles. The van der Waals surface area contributed by atoms with Crippen LogP contribution in [0.25, 0.3) is 6.08 Å². The molecule has 4 rings (SSSR count). The molecule has 1 aromatic carbocycles. The zero-order valence-electron chi connectivity index (χ0n) is 19.6. The lowest BCUT2D eigenvalue weighted by molar-refractivity contribution is -0.149. The molecule has 0 saturated carbocycles. The van der Waals surface area contributed by atoms with E-state index < -0.39 is 23.9 Å². The van der Waals surface area contributed by atoms with E-state index in [1.165, 1.54) is 29.8 Å². The van der Waals surface area contributed by atoms with Crippen LogP contribution in [0.5, 0.6) is 0 Å². The third kappa shape index (κ3) is 5.89. The first-order valence-corrected chi connectivity index (χ1v) is 12.4. The number of carbonyl (C=O) groups excluding carboxylic acids is 3. The fourth-order valence-electron chi connectivity index (χ4n) is 4.03. The van der Waals surface area contributed by atoms with Crippen molar-refractivity contribution in [2.45, 2.75) is 39.2 Å². The summed E-state index contributed by atoms with van der Waals surface area (Å²) >= 11 is 1.39. The van der Waals surface area contributed by atoms with Crippen LogP contribution in [-0.2, 0) is 31.9 Å². The number of carbonyl (C=O) groups is 3. The lowest BCUT2D eigenvalue weighted by Crippen LogP contribution is -2.26. The standard InChI is InChI=1S/C27H27NO6S/c1-3-32-27(31)23-20-13-11-17(2)16-21(20)35-26(23)28-25(30)24(18-8-5-4-6-9-18)34-22(29)14-12-19-10-7-15-33-19/h4-10,12,14-15,17,24H,3,11,13,16H2,1-2H3,(H,28,30). The molecule has 2 unspecified atom stereocenters. The number of benzene rings is 1. The van der Waals surface area contributed by atoms with Crippen molar-refractivity contribution < 1.29 is 28.3 Å². The minimum absolute atomic E-state index is 0.236. The first-order chi connectivity index (χ1) is 17.0. The van der Waals surface area contributed by atoms with E-state index in [0.717, 1.165) is 29.7 Å². The van der Waals surface area contributed by atoms with Gasteiger partial charge in [-0.25, -0.2) is 9.59 Å². The Labute approximate surface area is 207 Å². The maximum atomic E-state index is 13.4. The van der Waals surface area contributed by atoms with Crippen molar-refractivity contribution in [1.82, 2.24) is 0 Å². The van der Waals surface area contributed by atoms with Gasteiger partial charge < -0.3 is 19.2 Å². The van der Waals surface area contributed by atoms with E-state index in [4.69, 9.17) is 13.9 Å². The van der Waals surface area contributed by atoms with Crippen molar-refractivity contribution in [2.24, 2.45) is 5.92 Å². The van der Waals surface area contributed by atoms with Crippen LogP contribution in [0.1, 0.15) is 58.5 Å². The molecule has 0 spiro atoms. The first kappa shape index (κ1) is 24.5. The van der Waals surface area contributed by atoms with Gasteiger partial charge in [0.2, 0.25) is 6.10 Å². The van der Waals surface area contributed by atoms with E-state index in [9.17, 15) is 14.4 Å². The molecule has 0 bridgehead atoms. The van der Waals surface area contributed by atoms with Crippen LogP contribution in [0.2, 0.25) is 0 Å². The predicted octanol–water partition coefficient (Wildman–Crippen LogP) is 5.58. The summed E-state index contributed by atoms with van der Waals surface area (Å²) in [6, 6.07) is 12.1. The minimum atomic E-state index is -1.21. The number of fused-ring (bicyclic) bond motifs is 1. The number of ether oxygens (including phenoxy) is 2. The molecular formula is C27H27NO6S. The Morgan fingerprint density at radius 3 is 2.71 bits per heavy atom. The SMILES string of the molecule is CCOC(=O)c1c(NC(=O)C(OC(=O)C=Cc2ccco2)c2ccccc2)sc2c1CCC(C)C2. The van der Waals surface area contributed by atoms with E-state index in [2.05, 4.69) is 12.2 Å². The summed E-state index contributed by atoms with van der Waals surface area (Å²) in [4.78, 5) is 39.8. The number of rotatable bonds is 8. The molecular weight excluding hydrogens is 466 g/mol. The van der Waals surface area contributed by atoms with Crippen LogP contribution in [0.3, 0.4) is 0 Å². The van der Waals surface area contributed by atoms with Gasteiger partial charge >= 0.3 is 11.9 Å². The van der Waals surface area contributed by atoms with E-state index >= 15 is 0 Å². The Kier molecular flexibility index (Phi) is 7.82. The zero-order valence-corrected chi connectivity index (χ0v) is 20.4. The molecule has 1 aliphatic carbocycles. The van der Waals surface area contributed by atoms with Crippen molar-refractivity contribution in [3.05, 3.63) is 82.1 Å². The molecule has 2 aromatic heterocycles. The fraction of sp³-hybridized carbons (Fsp3) is 0.296. The Morgan fingerprint density at radius 2 is 2.00 bits per heavy atom. The topological polar surface area (TPSA) is 94.8 Å². The van der Waals surface area contributed by atoms with Crippen LogP contribution in [0.4, 0.5) is 5.00 Å². The summed E-state index contributed by atoms with van der Waals surface area (Å²) in [6.07, 6.45) is 5.53. The lowest BCUT2D eigenvalue weighted by atomic mass is 9.88. The van der Waals surface area contributed by atoms with Crippen LogP contribution < -0.4 is 5.32 Å². The summed E-state index contributed by atoms with van der Waals surface area (Å²) in [6.45, 7) is 4.16. The number of nitrogens with one attached hydrogen (secondary N) is 1. The van der Waals surface area contributed by atoms with E-state index in [-0.39, 0.29) is 6.61 Å². The highest BCUT2D eigenvalue weighted by atomic mass is 32.1. The Hall–Kier alpha value is -3.65. The summed E-state index contributed by atoms with van der Waals surface area (Å²) < 4.78 is 16.0. The van der Waals surface area contributed by atoms with Gasteiger partial charge in [0.25, 0.3) is 5.91 Å². The summed E-state index contributed by atoms with van der Waals surface area (Å²) in [5, 5.41) is 3.28. The van der Waals surface area contributed by atoms with Crippen LogP contribution in [0.15, 0.2) is 59.2 Å². The van der Waals surface area contributed by atoms with E-state index in [0.29, 0.717) is 27.8 Å². The summed E-state index contributed by atoms with van der Waals surface area (Å²) in [7, 11) is 0. The molecule has 1 N–H and O–H groups in total. The largest absolute Gasteiger partial charge is 0.465 e. The highest BCUT2D eigenvalue weighted by molar-refractivity contribution is 7.17. The van der Waals surface area contributed by atoms with Crippen molar-refractivity contribution >= 4 is 40.3 Å². The van der Waals surface area contributed by atoms with Gasteiger partial charge in [0.05, 0.1) is 18.4 Å². The molecule has 7 nitrogen and oxygen atoms in total. The van der Waals surface area contributed by atoms with Crippen molar-refractivity contribution in [1.29, 1.82) is 0 Å². The fourth-order valence-corrected chi connectivity index (χ4v) is 5.43. The van der Waals surface area contributed by atoms with Gasteiger partial charge in [-0.1, -0.05) is 37.3 Å². The average Bonchev–Trinajstić information content (AvgIpc) is 3.49. The van der Waals surface area contributed by atoms with Gasteiger partial charge in [-0.05, 0) is 55.9 Å².